The van der Waals surface area contributed by atoms with Crippen LogP contribution in [-0.4, -0.2) is 89.5 Å². The molecule has 1 radical (unpaired) electrons. The first-order valence-corrected chi connectivity index (χ1v) is 10.7. The Hall–Kier alpha value is 0.189. The molecule has 20 heavy (non-hydrogen) atoms. The van der Waals surface area contributed by atoms with E-state index in [1.54, 1.807) is 0 Å². The zero-order chi connectivity index (χ0) is 15.5. The molecule has 0 amide bonds. The second kappa shape index (κ2) is 7.45. The van der Waals surface area contributed by atoms with Crippen molar-refractivity contribution in [3.05, 3.63) is 0 Å². The van der Waals surface area contributed by atoms with Crippen LogP contribution in [0.25, 0.3) is 0 Å². The van der Waals surface area contributed by atoms with Crippen LogP contribution in [0.2, 0.25) is 16.0 Å². The first kappa shape index (κ1) is 18.2. The van der Waals surface area contributed by atoms with Crippen LogP contribution in [0.1, 0.15) is 0 Å². The number of hydrogen-bond donors (Lipinski definition) is 5. The molecular weight excluding hydrogens is 363 g/mol. The molecule has 5 atom stereocenters. The van der Waals surface area contributed by atoms with Gasteiger partial charge in [-0.3, -0.25) is 0 Å². The third-order valence-electron chi connectivity index (χ3n) is 2.86. The van der Waals surface area contributed by atoms with Gasteiger partial charge in [0, 0.05) is 0 Å². The van der Waals surface area contributed by atoms with Gasteiger partial charge in [-0.1, -0.05) is 0 Å². The van der Waals surface area contributed by atoms with Crippen molar-refractivity contribution in [1.29, 1.82) is 0 Å². The van der Waals surface area contributed by atoms with Crippen LogP contribution in [0.3, 0.4) is 0 Å². The molecule has 1 aliphatic heterocycles. The van der Waals surface area contributed by atoms with Crippen molar-refractivity contribution in [2.24, 2.45) is 0 Å². The van der Waals surface area contributed by atoms with Gasteiger partial charge in [-0.15, -0.1) is 0 Å². The van der Waals surface area contributed by atoms with Crippen LogP contribution in [0.5, 0.6) is 0 Å². The van der Waals surface area contributed by atoms with Crippen LogP contribution >= 0.6 is 0 Å². The quantitative estimate of drug-likeness (QED) is 0.181. The van der Waals surface area contributed by atoms with E-state index in [-0.39, 0.29) is 16.0 Å². The van der Waals surface area contributed by atoms with Crippen LogP contribution in [-0.2, 0) is 14.6 Å². The van der Waals surface area contributed by atoms with E-state index < -0.39 is 61.4 Å². The standard InChI is InChI=1S/C9H19O9SSe/c10-1-8(18-19(15,16)17)5(11)2-20-3-6(12)9(14)7(13)4-20/h5-14H,1-4H2,(H,15,16,17)/p-1/t5-,6-,7+,8+,9?/m0/s1. The molecule has 1 aliphatic rings. The molecule has 0 aromatic carbocycles. The molecule has 0 spiro atoms. The molecule has 0 aliphatic carbocycles. The summed E-state index contributed by atoms with van der Waals surface area (Å²) in [7, 11) is -5.05. The van der Waals surface area contributed by atoms with E-state index in [2.05, 4.69) is 4.18 Å². The van der Waals surface area contributed by atoms with E-state index in [1.165, 1.54) is 0 Å². The maximum atomic E-state index is 10.4. The molecular formula is C9H18O9SSe-. The summed E-state index contributed by atoms with van der Waals surface area (Å²) in [4.78, 5) is 0. The third kappa shape index (κ3) is 5.52. The van der Waals surface area contributed by atoms with Gasteiger partial charge in [-0.05, 0) is 0 Å². The molecule has 5 N–H and O–H groups in total. The summed E-state index contributed by atoms with van der Waals surface area (Å²) in [5.74, 6) is 0. The van der Waals surface area contributed by atoms with Gasteiger partial charge < -0.3 is 0 Å². The maximum absolute atomic E-state index is 10.4. The molecule has 1 fully saturated rings. The predicted octanol–water partition coefficient (Wildman–Crippen LogP) is -3.22. The zero-order valence-electron chi connectivity index (χ0n) is 10.4. The third-order valence-corrected chi connectivity index (χ3v) is 8.46. The fraction of sp³-hybridized carbons (Fsp3) is 1.00. The molecule has 0 saturated carbocycles. The van der Waals surface area contributed by atoms with Gasteiger partial charge in [-0.2, -0.15) is 0 Å². The molecule has 0 aromatic rings. The predicted molar refractivity (Wildman–Crippen MR) is 65.9 cm³/mol. The van der Waals surface area contributed by atoms with Crippen LogP contribution in [0.15, 0.2) is 0 Å². The van der Waals surface area contributed by atoms with Gasteiger partial charge in [0.05, 0.1) is 0 Å². The van der Waals surface area contributed by atoms with E-state index in [4.69, 9.17) is 5.11 Å². The first-order chi connectivity index (χ1) is 9.14. The Morgan fingerprint density at radius 1 is 1.25 bits per heavy atom. The zero-order valence-corrected chi connectivity index (χ0v) is 12.9. The minimum atomic E-state index is -5.05. The average Bonchev–Trinajstić information content (AvgIpc) is 2.31. The van der Waals surface area contributed by atoms with E-state index in [1.807, 2.05) is 0 Å². The van der Waals surface area contributed by atoms with Crippen LogP contribution in [0, 0.1) is 0 Å². The van der Waals surface area contributed by atoms with Crippen molar-refractivity contribution in [3.63, 3.8) is 0 Å². The number of hydrogen-bond acceptors (Lipinski definition) is 9. The molecule has 11 heteroatoms. The topological polar surface area (TPSA) is 168 Å². The summed E-state index contributed by atoms with van der Waals surface area (Å²) < 4.78 is 35.4. The van der Waals surface area contributed by atoms with Crippen molar-refractivity contribution < 1.29 is 42.7 Å². The molecule has 1 rings (SSSR count). The molecule has 0 aromatic heterocycles. The van der Waals surface area contributed by atoms with E-state index in [0.717, 1.165) is 0 Å². The average molecular weight is 381 g/mol. The van der Waals surface area contributed by atoms with E-state index in [0.29, 0.717) is 0 Å². The van der Waals surface area contributed by atoms with Gasteiger partial charge in [0.2, 0.25) is 0 Å². The Kier molecular flexibility index (Phi) is 6.80. The minimum absolute atomic E-state index is 0.0294. The molecule has 121 valence electrons. The first-order valence-electron chi connectivity index (χ1n) is 5.75. The number of aliphatic hydroxyl groups excluding tert-OH is 5. The number of rotatable bonds is 6. The normalized spacial score (nSPS) is 32.0. The molecule has 1 unspecified atom stereocenters. The second-order valence-corrected chi connectivity index (χ2v) is 10.2. The fourth-order valence-corrected chi connectivity index (χ4v) is 7.52. The van der Waals surface area contributed by atoms with Crippen LogP contribution < -0.4 is 0 Å². The molecule has 1 saturated heterocycles. The van der Waals surface area contributed by atoms with Crippen molar-refractivity contribution in [2.75, 3.05) is 6.61 Å². The summed E-state index contributed by atoms with van der Waals surface area (Å²) in [6.07, 6.45) is -6.41. The van der Waals surface area contributed by atoms with E-state index in [9.17, 15) is 33.4 Å². The summed E-state index contributed by atoms with van der Waals surface area (Å²) in [6.45, 7) is -0.852. The summed E-state index contributed by atoms with van der Waals surface area (Å²) in [5, 5.41) is 47.6. The van der Waals surface area contributed by atoms with Gasteiger partial charge >= 0.3 is 120 Å². The van der Waals surface area contributed by atoms with Crippen molar-refractivity contribution in [1.82, 2.24) is 0 Å². The summed E-state index contributed by atoms with van der Waals surface area (Å²) >= 11 is -1.73. The second-order valence-electron chi connectivity index (χ2n) is 4.53. The fourth-order valence-electron chi connectivity index (χ4n) is 1.86. The van der Waals surface area contributed by atoms with Crippen molar-refractivity contribution in [2.45, 2.75) is 46.5 Å². The van der Waals surface area contributed by atoms with E-state index >= 15 is 0 Å². The van der Waals surface area contributed by atoms with Gasteiger partial charge in [0.1, 0.15) is 0 Å². The van der Waals surface area contributed by atoms with Crippen molar-refractivity contribution in [3.8, 4) is 0 Å². The monoisotopic (exact) mass is 382 g/mol. The van der Waals surface area contributed by atoms with Gasteiger partial charge in [0.25, 0.3) is 0 Å². The van der Waals surface area contributed by atoms with Crippen LogP contribution in [0.4, 0.5) is 0 Å². The SMILES string of the molecule is O=S(=O)([O-])O[C@H](CO)[C@@H](O)C[Se]1C[C@@H](O)C(O)[C@@H](O)C1. The Balaban J connectivity index is 2.58. The molecule has 1 heterocycles. The Morgan fingerprint density at radius 2 is 1.75 bits per heavy atom. The van der Waals surface area contributed by atoms with Gasteiger partial charge in [0.15, 0.2) is 0 Å². The Bertz CT molecular complexity index is 390. The Labute approximate surface area is 120 Å². The molecule has 0 bridgehead atoms. The summed E-state index contributed by atoms with van der Waals surface area (Å²) in [5.41, 5.74) is 0. The summed E-state index contributed by atoms with van der Waals surface area (Å²) in [6, 6.07) is 0. The molecule has 9 nitrogen and oxygen atoms in total. The van der Waals surface area contributed by atoms with Gasteiger partial charge in [-0.25, -0.2) is 0 Å². The van der Waals surface area contributed by atoms with Crippen molar-refractivity contribution >= 4 is 24.3 Å². The Morgan fingerprint density at radius 3 is 2.15 bits per heavy atom. The number of aliphatic hydroxyl groups is 5.